The third-order valence-corrected chi connectivity index (χ3v) is 7.42. The molecule has 2 aromatic rings. The van der Waals surface area contributed by atoms with Gasteiger partial charge in [0.05, 0.1) is 6.04 Å². The van der Waals surface area contributed by atoms with Gasteiger partial charge in [-0.3, -0.25) is 4.79 Å². The summed E-state index contributed by atoms with van der Waals surface area (Å²) in [6.45, 7) is 4.81. The van der Waals surface area contributed by atoms with Crippen LogP contribution >= 0.6 is 0 Å². The Labute approximate surface area is 185 Å². The molecule has 3 atom stereocenters. The van der Waals surface area contributed by atoms with Crippen molar-refractivity contribution in [2.75, 3.05) is 11.4 Å². The summed E-state index contributed by atoms with van der Waals surface area (Å²) in [6, 6.07) is 18.3. The van der Waals surface area contributed by atoms with E-state index in [2.05, 4.69) is 59.2 Å². The van der Waals surface area contributed by atoms with Crippen molar-refractivity contribution >= 4 is 17.4 Å². The highest BCUT2D eigenvalue weighted by atomic mass is 16.2. The molecule has 3 aliphatic rings. The Morgan fingerprint density at radius 1 is 0.968 bits per heavy atom. The molecule has 0 bridgehead atoms. The van der Waals surface area contributed by atoms with E-state index in [1.54, 1.807) is 6.92 Å². The van der Waals surface area contributed by atoms with Crippen molar-refractivity contribution < 1.29 is 9.59 Å². The van der Waals surface area contributed by atoms with Crippen LogP contribution in [0, 0.1) is 5.92 Å². The van der Waals surface area contributed by atoms with Crippen molar-refractivity contribution in [3.8, 4) is 11.1 Å². The van der Waals surface area contributed by atoms with Crippen LogP contribution in [0.2, 0.25) is 0 Å². The summed E-state index contributed by atoms with van der Waals surface area (Å²) in [7, 11) is 0. The molecule has 1 amide bonds. The SMILES string of the molecule is CCN1c2ccc(-c3ccccc3)cc2C(N(C(=O)CCC(C)=O)C2CC2)C2CCC21. The van der Waals surface area contributed by atoms with Gasteiger partial charge in [0.15, 0.2) is 0 Å². The fraction of sp³-hybridized carbons (Fsp3) is 0.481. The first kappa shape index (κ1) is 20.3. The second kappa shape index (κ2) is 8.14. The largest absolute Gasteiger partial charge is 0.368 e. The molecule has 0 radical (unpaired) electrons. The number of nitrogens with zero attached hydrogens (tertiary/aromatic N) is 2. The van der Waals surface area contributed by atoms with Crippen LogP contribution in [0.3, 0.4) is 0 Å². The van der Waals surface area contributed by atoms with Crippen LogP contribution in [0.5, 0.6) is 0 Å². The molecule has 0 saturated heterocycles. The second-order valence-electron chi connectivity index (χ2n) is 9.41. The normalized spacial score (nSPS) is 24.1. The van der Waals surface area contributed by atoms with Crippen molar-refractivity contribution in [3.63, 3.8) is 0 Å². The molecular formula is C27H32N2O2. The molecule has 0 aromatic heterocycles. The summed E-state index contributed by atoms with van der Waals surface area (Å²) < 4.78 is 0. The fourth-order valence-electron chi connectivity index (χ4n) is 5.65. The van der Waals surface area contributed by atoms with Crippen LogP contribution in [0.25, 0.3) is 11.1 Å². The summed E-state index contributed by atoms with van der Waals surface area (Å²) in [5.74, 6) is 0.743. The van der Waals surface area contributed by atoms with Gasteiger partial charge in [-0.1, -0.05) is 36.4 Å². The highest BCUT2D eigenvalue weighted by Gasteiger charge is 2.51. The van der Waals surface area contributed by atoms with Crippen LogP contribution in [0.15, 0.2) is 48.5 Å². The minimum absolute atomic E-state index is 0.0955. The molecule has 2 aromatic carbocycles. The molecule has 4 nitrogen and oxygen atoms in total. The van der Waals surface area contributed by atoms with E-state index in [0.29, 0.717) is 30.8 Å². The van der Waals surface area contributed by atoms with E-state index in [1.807, 2.05) is 6.07 Å². The van der Waals surface area contributed by atoms with Gasteiger partial charge in [0.25, 0.3) is 0 Å². The minimum Gasteiger partial charge on any atom is -0.368 e. The molecule has 1 heterocycles. The molecule has 1 aliphatic heterocycles. The molecule has 0 spiro atoms. The maximum Gasteiger partial charge on any atom is 0.223 e. The number of amides is 1. The number of hydrogen-bond acceptors (Lipinski definition) is 3. The highest BCUT2D eigenvalue weighted by molar-refractivity contribution is 5.85. The lowest BCUT2D eigenvalue weighted by Crippen LogP contribution is -2.57. The summed E-state index contributed by atoms with van der Waals surface area (Å²) in [4.78, 5) is 29.7. The number of benzene rings is 2. The van der Waals surface area contributed by atoms with Gasteiger partial charge in [-0.2, -0.15) is 0 Å². The number of hydrogen-bond donors (Lipinski definition) is 0. The van der Waals surface area contributed by atoms with Gasteiger partial charge in [-0.15, -0.1) is 0 Å². The minimum atomic E-state index is 0.0955. The van der Waals surface area contributed by atoms with Crippen LogP contribution in [0.1, 0.15) is 64.0 Å². The van der Waals surface area contributed by atoms with E-state index < -0.39 is 0 Å². The maximum atomic E-state index is 13.4. The van der Waals surface area contributed by atoms with E-state index in [9.17, 15) is 9.59 Å². The van der Waals surface area contributed by atoms with Gasteiger partial charge < -0.3 is 14.6 Å². The van der Waals surface area contributed by atoms with Crippen molar-refractivity contribution in [2.24, 2.45) is 5.92 Å². The zero-order chi connectivity index (χ0) is 21.5. The Morgan fingerprint density at radius 3 is 2.35 bits per heavy atom. The van der Waals surface area contributed by atoms with Gasteiger partial charge in [0.1, 0.15) is 5.78 Å². The summed E-state index contributed by atoms with van der Waals surface area (Å²) in [6.07, 6.45) is 5.24. The molecule has 2 saturated carbocycles. The third-order valence-electron chi connectivity index (χ3n) is 7.42. The first-order valence-electron chi connectivity index (χ1n) is 11.8. The van der Waals surface area contributed by atoms with Gasteiger partial charge in [0, 0.05) is 43.1 Å². The van der Waals surface area contributed by atoms with E-state index in [0.717, 1.165) is 19.4 Å². The topological polar surface area (TPSA) is 40.6 Å². The lowest BCUT2D eigenvalue weighted by Gasteiger charge is -2.56. The van der Waals surface area contributed by atoms with Gasteiger partial charge in [-0.05, 0) is 68.4 Å². The molecule has 2 fully saturated rings. The first-order chi connectivity index (χ1) is 15.1. The molecule has 2 aliphatic carbocycles. The zero-order valence-corrected chi connectivity index (χ0v) is 18.6. The van der Waals surface area contributed by atoms with Gasteiger partial charge in [0.2, 0.25) is 5.91 Å². The lowest BCUT2D eigenvalue weighted by molar-refractivity contribution is -0.138. The Kier molecular flexibility index (Phi) is 5.33. The van der Waals surface area contributed by atoms with Crippen molar-refractivity contribution in [1.29, 1.82) is 0 Å². The molecule has 3 unspecified atom stereocenters. The zero-order valence-electron chi connectivity index (χ0n) is 18.6. The second-order valence-corrected chi connectivity index (χ2v) is 9.41. The molecular weight excluding hydrogens is 384 g/mol. The smallest absolute Gasteiger partial charge is 0.223 e. The van der Waals surface area contributed by atoms with Gasteiger partial charge >= 0.3 is 0 Å². The number of rotatable bonds is 7. The number of anilines is 1. The van der Waals surface area contributed by atoms with Crippen molar-refractivity contribution in [3.05, 3.63) is 54.1 Å². The molecule has 31 heavy (non-hydrogen) atoms. The highest BCUT2D eigenvalue weighted by Crippen LogP contribution is 2.54. The van der Waals surface area contributed by atoms with Crippen molar-refractivity contribution in [2.45, 2.75) is 70.5 Å². The number of fused-ring (bicyclic) bond motifs is 2. The molecule has 0 N–H and O–H groups in total. The van der Waals surface area contributed by atoms with Crippen LogP contribution < -0.4 is 4.90 Å². The monoisotopic (exact) mass is 416 g/mol. The Bertz CT molecular complexity index is 982. The van der Waals surface area contributed by atoms with Crippen LogP contribution in [0.4, 0.5) is 5.69 Å². The van der Waals surface area contributed by atoms with E-state index in [4.69, 9.17) is 0 Å². The Balaban J connectivity index is 1.58. The number of carbonyl (C=O) groups excluding carboxylic acids is 2. The van der Waals surface area contributed by atoms with E-state index in [-0.39, 0.29) is 17.7 Å². The quantitative estimate of drug-likeness (QED) is 0.609. The molecule has 162 valence electrons. The summed E-state index contributed by atoms with van der Waals surface area (Å²) >= 11 is 0. The Hall–Kier alpha value is -2.62. The Morgan fingerprint density at radius 2 is 1.74 bits per heavy atom. The fourth-order valence-corrected chi connectivity index (χ4v) is 5.65. The summed E-state index contributed by atoms with van der Waals surface area (Å²) in [5, 5.41) is 0. The van der Waals surface area contributed by atoms with E-state index in [1.165, 1.54) is 35.2 Å². The van der Waals surface area contributed by atoms with Crippen LogP contribution in [-0.2, 0) is 9.59 Å². The predicted molar refractivity (Wildman–Crippen MR) is 124 cm³/mol. The first-order valence-corrected chi connectivity index (χ1v) is 11.8. The number of carbonyl (C=O) groups is 2. The lowest BCUT2D eigenvalue weighted by atomic mass is 9.67. The molecule has 5 rings (SSSR count). The summed E-state index contributed by atoms with van der Waals surface area (Å²) in [5.41, 5.74) is 5.01. The average Bonchev–Trinajstić information content (AvgIpc) is 3.59. The molecule has 4 heteroatoms. The third kappa shape index (κ3) is 3.66. The predicted octanol–water partition coefficient (Wildman–Crippen LogP) is 5.37. The van der Waals surface area contributed by atoms with Gasteiger partial charge in [-0.25, -0.2) is 0 Å². The number of ketones is 1. The standard InChI is InChI=1S/C27H32N2O2/c1-3-28-24-15-13-22(24)27(29(21-11-12-21)26(31)16-9-18(2)30)23-17-20(10-14-25(23)28)19-7-5-4-6-8-19/h4-8,10,14,17,21-22,24,27H,3,9,11-13,15-16H2,1-2H3. The number of Topliss-reactive ketones (excluding diaryl/α,β-unsaturated/α-hetero) is 1. The average molecular weight is 417 g/mol. The van der Waals surface area contributed by atoms with Crippen LogP contribution in [-0.4, -0.2) is 35.2 Å². The van der Waals surface area contributed by atoms with E-state index >= 15 is 0 Å². The maximum absolute atomic E-state index is 13.4. The van der Waals surface area contributed by atoms with Crippen molar-refractivity contribution in [1.82, 2.24) is 4.90 Å².